The fourth-order valence-electron chi connectivity index (χ4n) is 0.574. The Morgan fingerprint density at radius 2 is 2.75 bits per heavy atom. The largest absolute Gasteiger partial charge is 0.478 e. The Morgan fingerprint density at radius 1 is 1.88 bits per heavy atom. The molecule has 0 spiro atoms. The molecule has 2 nitrogen and oxygen atoms in total. The highest BCUT2D eigenvalue weighted by atomic mass is 16.5. The van der Waals surface area contributed by atoms with Gasteiger partial charge in [-0.25, -0.2) is 0 Å². The van der Waals surface area contributed by atoms with E-state index in [1.165, 1.54) is 0 Å². The van der Waals surface area contributed by atoms with Crippen LogP contribution in [0.3, 0.4) is 0 Å². The van der Waals surface area contributed by atoms with Crippen molar-refractivity contribution in [2.24, 2.45) is 4.99 Å². The predicted molar refractivity (Wildman–Crippen MR) is 31.7 cm³/mol. The van der Waals surface area contributed by atoms with Gasteiger partial charge in [0.05, 0.1) is 13.0 Å². The van der Waals surface area contributed by atoms with E-state index >= 15 is 0 Å². The zero-order chi connectivity index (χ0) is 5.82. The van der Waals surface area contributed by atoms with Gasteiger partial charge in [-0.15, -0.1) is 6.42 Å². The maximum Gasteiger partial charge on any atom is 0.195 e. The Balaban J connectivity index is 2.36. The third-order valence-corrected chi connectivity index (χ3v) is 0.901. The van der Waals surface area contributed by atoms with Crippen LogP contribution in [0.2, 0.25) is 0 Å². The molecule has 0 aromatic rings. The molecule has 1 rings (SSSR count). The molecule has 0 saturated heterocycles. The van der Waals surface area contributed by atoms with Crippen molar-refractivity contribution in [3.8, 4) is 12.3 Å². The quantitative estimate of drug-likeness (QED) is 0.448. The minimum absolute atomic E-state index is 0.542. The van der Waals surface area contributed by atoms with E-state index < -0.39 is 0 Å². The van der Waals surface area contributed by atoms with Crippen LogP contribution >= 0.6 is 0 Å². The summed E-state index contributed by atoms with van der Waals surface area (Å²) in [5.41, 5.74) is 0. The molecule has 0 radical (unpaired) electrons. The molecule has 0 fully saturated rings. The first-order valence-electron chi connectivity index (χ1n) is 2.53. The number of hydrogen-bond donors (Lipinski definition) is 0. The van der Waals surface area contributed by atoms with E-state index in [1.54, 1.807) is 0 Å². The molecule has 42 valence electrons. The fraction of sp³-hybridized carbons (Fsp3) is 0.500. The summed E-state index contributed by atoms with van der Waals surface area (Å²) in [6.45, 7) is 1.48. The molecule has 8 heavy (non-hydrogen) atoms. The molecule has 1 heterocycles. The van der Waals surface area contributed by atoms with Crippen molar-refractivity contribution in [1.82, 2.24) is 0 Å². The highest BCUT2D eigenvalue weighted by Gasteiger charge is 2.02. The van der Waals surface area contributed by atoms with Crippen molar-refractivity contribution >= 4 is 5.90 Å². The van der Waals surface area contributed by atoms with E-state index in [9.17, 15) is 0 Å². The summed E-state index contributed by atoms with van der Waals surface area (Å²) >= 11 is 0. The van der Waals surface area contributed by atoms with E-state index in [1.807, 2.05) is 0 Å². The molecule has 0 N–H and O–H groups in total. The molecule has 0 saturated carbocycles. The molecule has 0 unspecified atom stereocenters. The number of terminal acetylenes is 1. The summed E-state index contributed by atoms with van der Waals surface area (Å²) in [6.07, 6.45) is 5.54. The highest BCUT2D eigenvalue weighted by Crippen LogP contribution is 1.95. The lowest BCUT2D eigenvalue weighted by Gasteiger charge is -1.91. The van der Waals surface area contributed by atoms with Gasteiger partial charge in [0.15, 0.2) is 5.90 Å². The first kappa shape index (κ1) is 5.17. The van der Waals surface area contributed by atoms with E-state index in [2.05, 4.69) is 10.9 Å². The van der Waals surface area contributed by atoms with Gasteiger partial charge in [-0.1, -0.05) is 5.92 Å². The van der Waals surface area contributed by atoms with Crippen molar-refractivity contribution in [3.63, 3.8) is 0 Å². The Bertz CT molecular complexity index is 143. The molecule has 0 aromatic heterocycles. The zero-order valence-corrected chi connectivity index (χ0v) is 4.55. The SMILES string of the molecule is C#CCC1=NCCO1. The maximum absolute atomic E-state index is 5.00. The maximum atomic E-state index is 5.00. The molecule has 0 aliphatic carbocycles. The van der Waals surface area contributed by atoms with Gasteiger partial charge in [0.1, 0.15) is 6.61 Å². The fourth-order valence-corrected chi connectivity index (χ4v) is 0.574. The molecule has 0 amide bonds. The van der Waals surface area contributed by atoms with Crippen LogP contribution in [0.1, 0.15) is 6.42 Å². The summed E-state index contributed by atoms with van der Waals surface area (Å²) in [5, 5.41) is 0. The van der Waals surface area contributed by atoms with Crippen LogP contribution in [0.15, 0.2) is 4.99 Å². The molecule has 1 aliphatic rings. The van der Waals surface area contributed by atoms with Crippen LogP contribution < -0.4 is 0 Å². The Hall–Kier alpha value is -0.970. The van der Waals surface area contributed by atoms with Crippen molar-refractivity contribution in [3.05, 3.63) is 0 Å². The van der Waals surface area contributed by atoms with Gasteiger partial charge in [-0.3, -0.25) is 4.99 Å². The van der Waals surface area contributed by atoms with Crippen molar-refractivity contribution in [2.45, 2.75) is 6.42 Å². The lowest BCUT2D eigenvalue weighted by Crippen LogP contribution is -1.95. The monoisotopic (exact) mass is 109 g/mol. The van der Waals surface area contributed by atoms with Gasteiger partial charge < -0.3 is 4.74 Å². The molecule has 0 bridgehead atoms. The number of aliphatic imine (C=N–C) groups is 1. The second-order valence-electron chi connectivity index (χ2n) is 1.50. The topological polar surface area (TPSA) is 21.6 Å². The van der Waals surface area contributed by atoms with Gasteiger partial charge in [0.2, 0.25) is 0 Å². The Kier molecular flexibility index (Phi) is 1.53. The van der Waals surface area contributed by atoms with Crippen molar-refractivity contribution < 1.29 is 4.74 Å². The number of nitrogens with zero attached hydrogens (tertiary/aromatic N) is 1. The van der Waals surface area contributed by atoms with E-state index in [0.717, 1.165) is 6.54 Å². The van der Waals surface area contributed by atoms with Gasteiger partial charge >= 0.3 is 0 Å². The lowest BCUT2D eigenvalue weighted by molar-refractivity contribution is 0.342. The van der Waals surface area contributed by atoms with Crippen LogP contribution in [0, 0.1) is 12.3 Å². The number of rotatable bonds is 1. The number of ether oxygens (including phenoxy) is 1. The minimum Gasteiger partial charge on any atom is -0.478 e. The molecular weight excluding hydrogens is 102 g/mol. The summed E-state index contributed by atoms with van der Waals surface area (Å²) < 4.78 is 5.00. The minimum atomic E-state index is 0.542. The van der Waals surface area contributed by atoms with E-state index in [-0.39, 0.29) is 0 Å². The first-order valence-corrected chi connectivity index (χ1v) is 2.53. The zero-order valence-electron chi connectivity index (χ0n) is 4.55. The molecule has 1 aliphatic heterocycles. The third kappa shape index (κ3) is 1.00. The standard InChI is InChI=1S/C6H7NO/c1-2-3-6-7-4-5-8-6/h1H,3-5H2. The van der Waals surface area contributed by atoms with Crippen LogP contribution in [-0.4, -0.2) is 19.0 Å². The second kappa shape index (κ2) is 2.37. The smallest absolute Gasteiger partial charge is 0.195 e. The van der Waals surface area contributed by atoms with E-state index in [4.69, 9.17) is 11.2 Å². The number of hydrogen-bond acceptors (Lipinski definition) is 2. The summed E-state index contributed by atoms with van der Waals surface area (Å²) in [5.74, 6) is 3.17. The molecular formula is C6H7NO. The Labute approximate surface area is 48.6 Å². The van der Waals surface area contributed by atoms with Gasteiger partial charge in [0.25, 0.3) is 0 Å². The van der Waals surface area contributed by atoms with Crippen LogP contribution in [-0.2, 0) is 4.74 Å². The van der Waals surface area contributed by atoms with E-state index in [0.29, 0.717) is 18.9 Å². The highest BCUT2D eigenvalue weighted by molar-refractivity contribution is 5.79. The first-order chi connectivity index (χ1) is 3.93. The molecule has 2 heteroatoms. The molecule has 0 atom stereocenters. The summed E-state index contributed by atoms with van der Waals surface area (Å²) in [7, 11) is 0. The van der Waals surface area contributed by atoms with Gasteiger partial charge in [0, 0.05) is 0 Å². The average molecular weight is 109 g/mol. The van der Waals surface area contributed by atoms with Crippen LogP contribution in [0.4, 0.5) is 0 Å². The van der Waals surface area contributed by atoms with Crippen LogP contribution in [0.25, 0.3) is 0 Å². The third-order valence-electron chi connectivity index (χ3n) is 0.901. The molecule has 0 aromatic carbocycles. The summed E-state index contributed by atoms with van der Waals surface area (Å²) in [6, 6.07) is 0. The van der Waals surface area contributed by atoms with Crippen molar-refractivity contribution in [2.75, 3.05) is 13.2 Å². The van der Waals surface area contributed by atoms with Gasteiger partial charge in [-0.05, 0) is 0 Å². The lowest BCUT2D eigenvalue weighted by atomic mass is 10.4. The van der Waals surface area contributed by atoms with Crippen molar-refractivity contribution in [1.29, 1.82) is 0 Å². The normalized spacial score (nSPS) is 16.6. The van der Waals surface area contributed by atoms with Gasteiger partial charge in [-0.2, -0.15) is 0 Å². The average Bonchev–Trinajstić information content (AvgIpc) is 2.19. The second-order valence-corrected chi connectivity index (χ2v) is 1.50. The predicted octanol–water partition coefficient (Wildman–Crippen LogP) is 0.438. The Morgan fingerprint density at radius 3 is 3.25 bits per heavy atom. The van der Waals surface area contributed by atoms with Crippen LogP contribution in [0.5, 0.6) is 0 Å². The summed E-state index contributed by atoms with van der Waals surface area (Å²) in [4.78, 5) is 3.98.